The third-order valence-corrected chi connectivity index (χ3v) is 4.03. The molecule has 0 fully saturated rings. The molecule has 1 aliphatic rings. The number of nitrogens with zero attached hydrogens (tertiary/aromatic N) is 4. The van der Waals surface area contributed by atoms with Crippen molar-refractivity contribution in [3.05, 3.63) is 71.8 Å². The number of nitrogens with two attached hydrogens (primary N) is 2. The molecule has 26 heavy (non-hydrogen) atoms. The molecule has 5 N–H and O–H groups in total. The van der Waals surface area contributed by atoms with E-state index in [9.17, 15) is 8.78 Å². The van der Waals surface area contributed by atoms with E-state index in [1.807, 2.05) is 16.5 Å². The van der Waals surface area contributed by atoms with E-state index in [1.54, 1.807) is 18.7 Å². The summed E-state index contributed by atoms with van der Waals surface area (Å²) in [6.45, 7) is 0. The van der Waals surface area contributed by atoms with Crippen LogP contribution < -0.4 is 16.8 Å². The first kappa shape index (κ1) is 16.2. The number of halogens is 2. The van der Waals surface area contributed by atoms with Gasteiger partial charge >= 0.3 is 0 Å². The highest BCUT2D eigenvalue weighted by Crippen LogP contribution is 2.21. The molecule has 1 aromatic carbocycles. The predicted molar refractivity (Wildman–Crippen MR) is 93.5 cm³/mol. The van der Waals surface area contributed by atoms with Gasteiger partial charge in [0.1, 0.15) is 5.84 Å². The lowest BCUT2D eigenvalue weighted by Crippen LogP contribution is -2.51. The quantitative estimate of drug-likeness (QED) is 0.655. The Morgan fingerprint density at radius 1 is 1.15 bits per heavy atom. The molecular formula is C17H15F2N7. The third-order valence-electron chi connectivity index (χ3n) is 4.03. The number of nitrogens with one attached hydrogen (secondary N) is 1. The van der Waals surface area contributed by atoms with Gasteiger partial charge in [-0.3, -0.25) is 5.73 Å². The molecular weight excluding hydrogens is 340 g/mol. The number of imidazole rings is 1. The number of benzene rings is 1. The van der Waals surface area contributed by atoms with Crippen molar-refractivity contribution in [1.29, 1.82) is 0 Å². The standard InChI is InChI=1S/C17H15F2N7/c18-13-3-1-2-10(14(13)19)6-17(21)24-15(23-16(20)25-17)11-4-5-12-7-22-9-26(12)8-11/h1-5,7-9H,6,21H2,(H3,20,23,24,25). The summed E-state index contributed by atoms with van der Waals surface area (Å²) in [4.78, 5) is 12.5. The average Bonchev–Trinajstić information content (AvgIpc) is 3.05. The second-order valence-electron chi connectivity index (χ2n) is 5.99. The van der Waals surface area contributed by atoms with Gasteiger partial charge in [0.2, 0.25) is 5.79 Å². The molecule has 3 aromatic rings. The zero-order chi connectivity index (χ0) is 18.3. The Morgan fingerprint density at radius 3 is 2.85 bits per heavy atom. The van der Waals surface area contributed by atoms with Crippen molar-refractivity contribution in [3.8, 4) is 0 Å². The molecule has 0 aliphatic carbocycles. The summed E-state index contributed by atoms with van der Waals surface area (Å²) in [6.07, 6.45) is 5.03. The molecule has 4 rings (SSSR count). The van der Waals surface area contributed by atoms with Crippen LogP contribution >= 0.6 is 0 Å². The van der Waals surface area contributed by atoms with Gasteiger partial charge in [0.05, 0.1) is 18.0 Å². The van der Waals surface area contributed by atoms with Gasteiger partial charge in [-0.2, -0.15) is 0 Å². The first-order valence-electron chi connectivity index (χ1n) is 7.80. The maximum absolute atomic E-state index is 14.0. The zero-order valence-electron chi connectivity index (χ0n) is 13.5. The number of hydrogen-bond donors (Lipinski definition) is 3. The van der Waals surface area contributed by atoms with Gasteiger partial charge in [-0.15, -0.1) is 0 Å². The van der Waals surface area contributed by atoms with Crippen molar-refractivity contribution in [1.82, 2.24) is 14.7 Å². The number of pyridine rings is 1. The maximum atomic E-state index is 14.0. The third kappa shape index (κ3) is 2.88. The monoisotopic (exact) mass is 355 g/mol. The topological polar surface area (TPSA) is 106 Å². The second kappa shape index (κ2) is 5.88. The number of rotatable bonds is 3. The molecule has 2 aromatic heterocycles. The zero-order valence-corrected chi connectivity index (χ0v) is 13.5. The molecule has 7 nitrogen and oxygen atoms in total. The molecule has 1 atom stereocenters. The van der Waals surface area contributed by atoms with Gasteiger partial charge < -0.3 is 15.5 Å². The summed E-state index contributed by atoms with van der Waals surface area (Å²) in [6, 6.07) is 7.57. The number of aromatic nitrogens is 2. The Bertz CT molecular complexity index is 1060. The summed E-state index contributed by atoms with van der Waals surface area (Å²) >= 11 is 0. The Labute approximate surface area is 147 Å². The van der Waals surface area contributed by atoms with Crippen LogP contribution in [0.5, 0.6) is 0 Å². The van der Waals surface area contributed by atoms with Gasteiger partial charge in [0.15, 0.2) is 17.6 Å². The molecule has 0 amide bonds. The van der Waals surface area contributed by atoms with Crippen LogP contribution in [0.4, 0.5) is 8.78 Å². The van der Waals surface area contributed by atoms with Gasteiger partial charge in [0, 0.05) is 18.2 Å². The molecule has 0 radical (unpaired) electrons. The van der Waals surface area contributed by atoms with Crippen LogP contribution in [0, 0.1) is 11.6 Å². The highest BCUT2D eigenvalue weighted by Gasteiger charge is 2.31. The van der Waals surface area contributed by atoms with Crippen LogP contribution in [0.2, 0.25) is 0 Å². The van der Waals surface area contributed by atoms with E-state index in [-0.39, 0.29) is 17.9 Å². The largest absolute Gasteiger partial charge is 0.370 e. The molecule has 9 heteroatoms. The lowest BCUT2D eigenvalue weighted by molar-refractivity contribution is 0.434. The van der Waals surface area contributed by atoms with E-state index in [2.05, 4.69) is 20.3 Å². The number of hydrogen-bond acceptors (Lipinski definition) is 6. The van der Waals surface area contributed by atoms with Gasteiger partial charge in [-0.25, -0.2) is 23.7 Å². The molecule has 132 valence electrons. The van der Waals surface area contributed by atoms with Crippen LogP contribution in [0.3, 0.4) is 0 Å². The minimum Gasteiger partial charge on any atom is -0.370 e. The van der Waals surface area contributed by atoms with Crippen molar-refractivity contribution in [2.75, 3.05) is 0 Å². The molecule has 3 heterocycles. The maximum Gasteiger partial charge on any atom is 0.212 e. The number of guanidine groups is 1. The molecule has 0 bridgehead atoms. The summed E-state index contributed by atoms with van der Waals surface area (Å²) in [7, 11) is 0. The Morgan fingerprint density at radius 2 is 2.00 bits per heavy atom. The Hall–Kier alpha value is -3.33. The van der Waals surface area contributed by atoms with Gasteiger partial charge in [-0.05, 0) is 23.8 Å². The Balaban J connectivity index is 1.72. The van der Waals surface area contributed by atoms with Crippen LogP contribution in [-0.2, 0) is 6.42 Å². The SMILES string of the molecule is NC1=NC(N)(Cc2cccc(F)c2F)N=C(c2ccc3cncn3c2)N1. The summed E-state index contributed by atoms with van der Waals surface area (Å²) in [5, 5.41) is 2.85. The number of fused-ring (bicyclic) bond motifs is 1. The fourth-order valence-corrected chi connectivity index (χ4v) is 2.85. The number of amidine groups is 1. The minimum atomic E-state index is -1.55. The van der Waals surface area contributed by atoms with E-state index in [0.717, 1.165) is 11.6 Å². The van der Waals surface area contributed by atoms with Crippen LogP contribution in [0.25, 0.3) is 5.52 Å². The highest BCUT2D eigenvalue weighted by atomic mass is 19.2. The Kier molecular flexibility index (Phi) is 3.66. The molecule has 1 aliphatic heterocycles. The molecule has 1 unspecified atom stereocenters. The van der Waals surface area contributed by atoms with Gasteiger partial charge in [0.25, 0.3) is 0 Å². The molecule has 0 saturated heterocycles. The fraction of sp³-hybridized carbons (Fsp3) is 0.118. The van der Waals surface area contributed by atoms with Crippen LogP contribution in [0.15, 0.2) is 59.0 Å². The van der Waals surface area contributed by atoms with Crippen molar-refractivity contribution in [3.63, 3.8) is 0 Å². The first-order chi connectivity index (χ1) is 12.4. The molecule has 0 spiro atoms. The summed E-state index contributed by atoms with van der Waals surface area (Å²) in [5.41, 5.74) is 13.7. The smallest absolute Gasteiger partial charge is 0.212 e. The van der Waals surface area contributed by atoms with E-state index in [4.69, 9.17) is 11.5 Å². The lowest BCUT2D eigenvalue weighted by atomic mass is 10.1. The second-order valence-corrected chi connectivity index (χ2v) is 5.99. The first-order valence-corrected chi connectivity index (χ1v) is 7.80. The van der Waals surface area contributed by atoms with E-state index in [0.29, 0.717) is 11.4 Å². The van der Waals surface area contributed by atoms with Crippen molar-refractivity contribution in [2.45, 2.75) is 12.2 Å². The normalized spacial score (nSPS) is 19.8. The minimum absolute atomic E-state index is 0.0417. The van der Waals surface area contributed by atoms with Crippen molar-refractivity contribution in [2.24, 2.45) is 21.5 Å². The number of aliphatic imine (C=N–C) groups is 2. The fourth-order valence-electron chi connectivity index (χ4n) is 2.85. The molecule has 0 saturated carbocycles. The van der Waals surface area contributed by atoms with E-state index >= 15 is 0 Å². The highest BCUT2D eigenvalue weighted by molar-refractivity contribution is 6.09. The van der Waals surface area contributed by atoms with Crippen molar-refractivity contribution < 1.29 is 8.78 Å². The van der Waals surface area contributed by atoms with Crippen LogP contribution in [-0.4, -0.2) is 27.0 Å². The predicted octanol–water partition coefficient (Wildman–Crippen LogP) is 1.13. The van der Waals surface area contributed by atoms with E-state index in [1.165, 1.54) is 12.1 Å². The van der Waals surface area contributed by atoms with E-state index < -0.39 is 17.4 Å². The average molecular weight is 355 g/mol. The van der Waals surface area contributed by atoms with Crippen LogP contribution in [0.1, 0.15) is 11.1 Å². The lowest BCUT2D eigenvalue weighted by Gasteiger charge is -2.27. The van der Waals surface area contributed by atoms with Gasteiger partial charge in [-0.1, -0.05) is 12.1 Å². The summed E-state index contributed by atoms with van der Waals surface area (Å²) < 4.78 is 29.3. The summed E-state index contributed by atoms with van der Waals surface area (Å²) in [5.74, 6) is -3.05. The van der Waals surface area contributed by atoms with Crippen molar-refractivity contribution >= 4 is 17.3 Å².